The summed E-state index contributed by atoms with van der Waals surface area (Å²) in [7, 11) is 0. The molecule has 0 aliphatic heterocycles. The molecular weight excluding hydrogens is 283 g/mol. The number of rotatable bonds is 6. The van der Waals surface area contributed by atoms with Crippen LogP contribution >= 0.6 is 0 Å². The summed E-state index contributed by atoms with van der Waals surface area (Å²) < 4.78 is 18.4. The summed E-state index contributed by atoms with van der Waals surface area (Å²) in [5.74, 6) is 0.648. The lowest BCUT2D eigenvalue weighted by Gasteiger charge is -2.05. The summed E-state index contributed by atoms with van der Waals surface area (Å²) in [5.41, 5.74) is 3.58. The first-order valence-electron chi connectivity index (χ1n) is 7.13. The Morgan fingerprint density at radius 2 is 2.05 bits per heavy atom. The number of nitriles is 1. The number of benzene rings is 1. The summed E-state index contributed by atoms with van der Waals surface area (Å²) in [4.78, 5) is 4.19. The van der Waals surface area contributed by atoms with Crippen molar-refractivity contribution in [2.24, 2.45) is 5.10 Å². The van der Waals surface area contributed by atoms with Crippen LogP contribution in [0.25, 0.3) is 0 Å². The quantitative estimate of drug-likeness (QED) is 0.645. The number of nitrogens with one attached hydrogen (secondary N) is 1. The molecule has 0 atom stereocenters. The van der Waals surface area contributed by atoms with Crippen molar-refractivity contribution in [3.05, 3.63) is 47.2 Å². The minimum absolute atomic E-state index is 0.179. The van der Waals surface area contributed by atoms with Crippen LogP contribution in [0, 0.1) is 17.1 Å². The molecule has 5 nitrogen and oxygen atoms in total. The van der Waals surface area contributed by atoms with Crippen LogP contribution in [0.1, 0.15) is 49.8 Å². The molecule has 0 saturated carbocycles. The largest absolute Gasteiger partial charge is 0.422 e. The molecule has 114 valence electrons. The van der Waals surface area contributed by atoms with Crippen LogP contribution in [0.5, 0.6) is 0 Å². The fraction of sp³-hybridized carbons (Fsp3) is 0.312. The van der Waals surface area contributed by atoms with Crippen LogP contribution in [0.3, 0.4) is 0 Å². The van der Waals surface area contributed by atoms with Crippen molar-refractivity contribution in [1.29, 1.82) is 5.26 Å². The number of aromatic nitrogens is 1. The lowest BCUT2D eigenvalue weighted by atomic mass is 10.0. The highest BCUT2D eigenvalue weighted by molar-refractivity contribution is 5.80. The summed E-state index contributed by atoms with van der Waals surface area (Å²) >= 11 is 0. The molecular formula is C16H17FN4O. The molecule has 0 bridgehead atoms. The van der Waals surface area contributed by atoms with Crippen molar-refractivity contribution in [3.8, 4) is 6.07 Å². The lowest BCUT2D eigenvalue weighted by molar-refractivity contribution is 0.439. The zero-order valence-electron chi connectivity index (χ0n) is 12.5. The minimum atomic E-state index is -0.304. The maximum absolute atomic E-state index is 12.8. The van der Waals surface area contributed by atoms with Gasteiger partial charge in [-0.15, -0.1) is 0 Å². The Morgan fingerprint density at radius 3 is 2.64 bits per heavy atom. The summed E-state index contributed by atoms with van der Waals surface area (Å²) in [5, 5.41) is 13.1. The molecule has 2 aromatic rings. The standard InChI is InChI=1S/C16H17FN4O/c1-3-12(4-2)15-20-14(9-18)16(22-15)21-19-10-11-5-7-13(17)8-6-11/h5-8,10,12,21H,3-4H2,1-2H3/b19-10+. The van der Waals surface area contributed by atoms with Gasteiger partial charge < -0.3 is 4.42 Å². The number of anilines is 1. The van der Waals surface area contributed by atoms with Crippen LogP contribution in [-0.2, 0) is 0 Å². The zero-order valence-corrected chi connectivity index (χ0v) is 12.5. The molecule has 1 heterocycles. The monoisotopic (exact) mass is 300 g/mol. The predicted molar refractivity (Wildman–Crippen MR) is 82.2 cm³/mol. The number of hydrogen-bond acceptors (Lipinski definition) is 5. The van der Waals surface area contributed by atoms with Gasteiger partial charge >= 0.3 is 0 Å². The average molecular weight is 300 g/mol. The molecule has 0 aliphatic carbocycles. The van der Waals surface area contributed by atoms with Gasteiger partial charge in [-0.25, -0.2) is 14.8 Å². The molecule has 1 N–H and O–H groups in total. The van der Waals surface area contributed by atoms with Crippen LogP contribution in [0.15, 0.2) is 33.8 Å². The highest BCUT2D eigenvalue weighted by Gasteiger charge is 2.18. The van der Waals surface area contributed by atoms with Gasteiger partial charge in [0.25, 0.3) is 5.88 Å². The van der Waals surface area contributed by atoms with Crippen molar-refractivity contribution >= 4 is 12.1 Å². The van der Waals surface area contributed by atoms with Gasteiger partial charge in [0.1, 0.15) is 11.9 Å². The third-order valence-electron chi connectivity index (χ3n) is 3.33. The number of nitrogens with zero attached hydrogens (tertiary/aromatic N) is 3. The molecule has 6 heteroatoms. The van der Waals surface area contributed by atoms with Gasteiger partial charge in [-0.1, -0.05) is 26.0 Å². The maximum Gasteiger partial charge on any atom is 0.252 e. The fourth-order valence-corrected chi connectivity index (χ4v) is 2.02. The zero-order chi connectivity index (χ0) is 15.9. The Hall–Kier alpha value is -2.68. The first-order valence-corrected chi connectivity index (χ1v) is 7.13. The lowest BCUT2D eigenvalue weighted by Crippen LogP contribution is -1.95. The van der Waals surface area contributed by atoms with Crippen molar-refractivity contribution in [1.82, 2.24) is 4.98 Å². The Labute approximate surface area is 128 Å². The van der Waals surface area contributed by atoms with Crippen molar-refractivity contribution in [2.75, 3.05) is 5.43 Å². The van der Waals surface area contributed by atoms with Gasteiger partial charge in [0, 0.05) is 5.92 Å². The highest BCUT2D eigenvalue weighted by Crippen LogP contribution is 2.26. The van der Waals surface area contributed by atoms with E-state index in [0.717, 1.165) is 18.4 Å². The van der Waals surface area contributed by atoms with E-state index < -0.39 is 0 Å². The van der Waals surface area contributed by atoms with E-state index >= 15 is 0 Å². The van der Waals surface area contributed by atoms with Gasteiger partial charge in [0.15, 0.2) is 0 Å². The van der Waals surface area contributed by atoms with E-state index in [-0.39, 0.29) is 23.3 Å². The number of halogens is 1. The van der Waals surface area contributed by atoms with Gasteiger partial charge in [0.2, 0.25) is 11.6 Å². The molecule has 22 heavy (non-hydrogen) atoms. The van der Waals surface area contributed by atoms with E-state index in [1.807, 2.05) is 19.9 Å². The number of hydrogen-bond donors (Lipinski definition) is 1. The van der Waals surface area contributed by atoms with Crippen LogP contribution < -0.4 is 5.43 Å². The van der Waals surface area contributed by atoms with Crippen LogP contribution in [0.4, 0.5) is 10.3 Å². The van der Waals surface area contributed by atoms with Crippen LogP contribution in [-0.4, -0.2) is 11.2 Å². The van der Waals surface area contributed by atoms with E-state index in [1.54, 1.807) is 12.1 Å². The molecule has 1 aromatic carbocycles. The van der Waals surface area contributed by atoms with E-state index in [0.29, 0.717) is 5.89 Å². The predicted octanol–water partition coefficient (Wildman–Crippen LogP) is 4.03. The highest BCUT2D eigenvalue weighted by atomic mass is 19.1. The summed E-state index contributed by atoms with van der Waals surface area (Å²) in [6.45, 7) is 4.09. The second-order valence-corrected chi connectivity index (χ2v) is 4.78. The third-order valence-corrected chi connectivity index (χ3v) is 3.33. The first kappa shape index (κ1) is 15.7. The number of hydrazone groups is 1. The normalized spacial score (nSPS) is 11.0. The Morgan fingerprint density at radius 1 is 1.36 bits per heavy atom. The van der Waals surface area contributed by atoms with E-state index in [1.165, 1.54) is 18.3 Å². The summed E-state index contributed by atoms with van der Waals surface area (Å²) in [6.07, 6.45) is 3.29. The molecule has 1 aromatic heterocycles. The average Bonchev–Trinajstić information content (AvgIpc) is 2.94. The minimum Gasteiger partial charge on any atom is -0.422 e. The second kappa shape index (κ2) is 7.36. The van der Waals surface area contributed by atoms with E-state index in [9.17, 15) is 4.39 Å². The SMILES string of the molecule is CCC(CC)c1nc(C#N)c(N/N=C/c2ccc(F)cc2)o1. The fourth-order valence-electron chi connectivity index (χ4n) is 2.02. The van der Waals surface area contributed by atoms with Crippen molar-refractivity contribution in [2.45, 2.75) is 32.6 Å². The number of oxazole rings is 1. The van der Waals surface area contributed by atoms with Crippen molar-refractivity contribution in [3.63, 3.8) is 0 Å². The van der Waals surface area contributed by atoms with Gasteiger partial charge in [-0.3, -0.25) is 0 Å². The first-order chi connectivity index (χ1) is 10.7. The molecule has 0 unspecified atom stereocenters. The third kappa shape index (κ3) is 3.70. The Bertz CT molecular complexity index is 681. The van der Waals surface area contributed by atoms with Gasteiger partial charge in [-0.05, 0) is 30.5 Å². The Kier molecular flexibility index (Phi) is 5.26. The van der Waals surface area contributed by atoms with E-state index in [4.69, 9.17) is 9.68 Å². The smallest absolute Gasteiger partial charge is 0.252 e. The van der Waals surface area contributed by atoms with E-state index in [2.05, 4.69) is 15.5 Å². The molecule has 0 aliphatic rings. The molecule has 0 spiro atoms. The molecule has 0 fully saturated rings. The molecule has 0 amide bonds. The summed E-state index contributed by atoms with van der Waals surface area (Å²) in [6, 6.07) is 7.88. The maximum atomic E-state index is 12.8. The van der Waals surface area contributed by atoms with Gasteiger partial charge in [-0.2, -0.15) is 10.4 Å². The van der Waals surface area contributed by atoms with Crippen molar-refractivity contribution < 1.29 is 8.81 Å². The molecule has 2 rings (SSSR count). The van der Waals surface area contributed by atoms with Crippen LogP contribution in [0.2, 0.25) is 0 Å². The Balaban J connectivity index is 2.12. The second-order valence-electron chi connectivity index (χ2n) is 4.78. The molecule has 0 saturated heterocycles. The molecule has 0 radical (unpaired) electrons. The van der Waals surface area contributed by atoms with Gasteiger partial charge in [0.05, 0.1) is 6.21 Å². The topological polar surface area (TPSA) is 74.2 Å².